The molecule has 0 spiro atoms. The maximum absolute atomic E-state index is 13.0. The molecule has 0 aliphatic carbocycles. The molecule has 0 amide bonds. The predicted molar refractivity (Wildman–Crippen MR) is 70.6 cm³/mol. The molecule has 0 heterocycles. The third-order valence-corrected chi connectivity index (χ3v) is 2.98. The van der Waals surface area contributed by atoms with Crippen LogP contribution in [0.3, 0.4) is 0 Å². The van der Waals surface area contributed by atoms with Crippen molar-refractivity contribution in [1.29, 1.82) is 0 Å². The normalized spacial score (nSPS) is 13.7. The Kier molecular flexibility index (Phi) is 4.23. The van der Waals surface area contributed by atoms with Crippen molar-refractivity contribution in [1.82, 2.24) is 5.43 Å². The van der Waals surface area contributed by atoms with Gasteiger partial charge in [0.2, 0.25) is 0 Å². The van der Waals surface area contributed by atoms with Crippen LogP contribution in [0.1, 0.15) is 5.56 Å². The number of rotatable bonds is 4. The van der Waals surface area contributed by atoms with E-state index in [2.05, 4.69) is 5.10 Å². The summed E-state index contributed by atoms with van der Waals surface area (Å²) < 4.78 is 87.3. The molecule has 0 saturated heterocycles. The molecule has 23 heavy (non-hydrogen) atoms. The molecule has 0 fully saturated rings. The molecule has 1 N–H and O–H groups in total. The molecular formula is C14H9F7N2. The maximum atomic E-state index is 13.0. The smallest absolute Gasteiger partial charge is 0.242 e. The first-order chi connectivity index (χ1) is 10.6. The Balaban J connectivity index is 2.24. The number of benzene rings is 2. The van der Waals surface area contributed by atoms with Crippen molar-refractivity contribution in [2.45, 2.75) is 18.1 Å². The second-order valence-electron chi connectivity index (χ2n) is 4.58. The van der Waals surface area contributed by atoms with E-state index in [1.165, 1.54) is 6.07 Å². The molecule has 0 atom stereocenters. The fourth-order valence-electron chi connectivity index (χ4n) is 1.79. The summed E-state index contributed by atoms with van der Waals surface area (Å²) in [5.74, 6) is -6.25. The van der Waals surface area contributed by atoms with Crippen LogP contribution in [0.25, 0.3) is 10.8 Å². The van der Waals surface area contributed by atoms with E-state index in [0.717, 1.165) is 11.6 Å². The van der Waals surface area contributed by atoms with Crippen LogP contribution in [0.15, 0.2) is 47.6 Å². The number of halogens is 7. The van der Waals surface area contributed by atoms with Gasteiger partial charge in [-0.15, -0.1) is 0 Å². The largest absolute Gasteiger partial charge is 0.462 e. The Morgan fingerprint density at radius 2 is 1.43 bits per heavy atom. The first kappa shape index (κ1) is 17.0. The van der Waals surface area contributed by atoms with Crippen LogP contribution in [0.4, 0.5) is 30.7 Å². The fourth-order valence-corrected chi connectivity index (χ4v) is 1.79. The lowest BCUT2D eigenvalue weighted by molar-refractivity contribution is -0.361. The van der Waals surface area contributed by atoms with E-state index in [4.69, 9.17) is 0 Å². The van der Waals surface area contributed by atoms with E-state index in [0.29, 0.717) is 10.8 Å². The Bertz CT molecular complexity index is 717. The lowest BCUT2D eigenvalue weighted by atomic mass is 10.1. The summed E-state index contributed by atoms with van der Waals surface area (Å²) in [6, 6.07) is 5.86. The highest BCUT2D eigenvalue weighted by molar-refractivity contribution is 5.99. The van der Waals surface area contributed by atoms with Gasteiger partial charge in [0.05, 0.1) is 6.21 Å². The van der Waals surface area contributed by atoms with Crippen molar-refractivity contribution in [2.75, 3.05) is 0 Å². The average molecular weight is 338 g/mol. The SMILES string of the molecule is FC(F)(F)C(F)(F)C(F)(F)N/N=C\c1cccc2ccccc12. The van der Waals surface area contributed by atoms with Crippen LogP contribution in [0.5, 0.6) is 0 Å². The third kappa shape index (κ3) is 3.22. The van der Waals surface area contributed by atoms with Crippen LogP contribution in [-0.2, 0) is 0 Å². The predicted octanol–water partition coefficient (Wildman–Crippen LogP) is 4.55. The van der Waals surface area contributed by atoms with Crippen molar-refractivity contribution >= 4 is 17.0 Å². The zero-order valence-corrected chi connectivity index (χ0v) is 11.2. The zero-order chi connectivity index (χ0) is 17.3. The standard InChI is InChI=1S/C14H9F7N2/c15-12(16,13(17,18)19)14(20,21)23-22-8-10-6-3-5-9-4-1-2-7-11(9)10/h1-8,23H/b22-8-. The molecule has 2 aromatic carbocycles. The van der Waals surface area contributed by atoms with Gasteiger partial charge in [-0.3, -0.25) is 0 Å². The fraction of sp³-hybridized carbons (Fsp3) is 0.214. The van der Waals surface area contributed by atoms with Gasteiger partial charge in [-0.1, -0.05) is 42.5 Å². The van der Waals surface area contributed by atoms with Crippen molar-refractivity contribution in [3.8, 4) is 0 Å². The molecule has 9 heteroatoms. The molecule has 0 unspecified atom stereocenters. The van der Waals surface area contributed by atoms with Crippen LogP contribution < -0.4 is 5.43 Å². The first-order valence-electron chi connectivity index (χ1n) is 6.16. The van der Waals surface area contributed by atoms with Gasteiger partial charge in [-0.2, -0.15) is 35.8 Å². The molecule has 0 saturated carbocycles. The molecule has 0 aliphatic rings. The van der Waals surface area contributed by atoms with Crippen molar-refractivity contribution in [3.05, 3.63) is 48.0 Å². The number of nitrogens with one attached hydrogen (secondary N) is 1. The molecule has 2 aromatic rings. The minimum Gasteiger partial charge on any atom is -0.242 e. The molecule has 2 nitrogen and oxygen atoms in total. The van der Waals surface area contributed by atoms with Gasteiger partial charge in [0.15, 0.2) is 0 Å². The van der Waals surface area contributed by atoms with Crippen LogP contribution in [0, 0.1) is 0 Å². The Hall–Kier alpha value is -2.32. The second kappa shape index (κ2) is 5.71. The van der Waals surface area contributed by atoms with Crippen LogP contribution >= 0.6 is 0 Å². The molecule has 0 aliphatic heterocycles. The summed E-state index contributed by atoms with van der Waals surface area (Å²) >= 11 is 0. The highest BCUT2D eigenvalue weighted by atomic mass is 19.4. The molecule has 0 bridgehead atoms. The van der Waals surface area contributed by atoms with E-state index in [-0.39, 0.29) is 5.56 Å². The van der Waals surface area contributed by atoms with Gasteiger partial charge in [-0.05, 0) is 10.8 Å². The second-order valence-corrected chi connectivity index (χ2v) is 4.58. The van der Waals surface area contributed by atoms with Gasteiger partial charge >= 0.3 is 18.1 Å². The Morgan fingerprint density at radius 3 is 2.09 bits per heavy atom. The van der Waals surface area contributed by atoms with Gasteiger partial charge in [0.1, 0.15) is 0 Å². The van der Waals surface area contributed by atoms with Gasteiger partial charge in [0, 0.05) is 5.56 Å². The van der Waals surface area contributed by atoms with E-state index in [9.17, 15) is 30.7 Å². The number of hydrogen-bond acceptors (Lipinski definition) is 2. The van der Waals surface area contributed by atoms with Crippen molar-refractivity contribution in [3.63, 3.8) is 0 Å². The van der Waals surface area contributed by atoms with E-state index >= 15 is 0 Å². The molecule has 124 valence electrons. The van der Waals surface area contributed by atoms with Gasteiger partial charge < -0.3 is 0 Å². The number of alkyl halides is 7. The quantitative estimate of drug-likeness (QED) is 0.376. The van der Waals surface area contributed by atoms with Gasteiger partial charge in [-0.25, -0.2) is 5.43 Å². The lowest BCUT2D eigenvalue weighted by Gasteiger charge is -2.27. The lowest BCUT2D eigenvalue weighted by Crippen LogP contribution is -2.58. The summed E-state index contributed by atoms with van der Waals surface area (Å²) in [5.41, 5.74) is 0.864. The summed E-state index contributed by atoms with van der Waals surface area (Å²) in [6.45, 7) is 0. The minimum atomic E-state index is -6.40. The molecule has 2 rings (SSSR count). The van der Waals surface area contributed by atoms with E-state index in [1.54, 1.807) is 36.4 Å². The topological polar surface area (TPSA) is 24.4 Å². The Labute approximate surface area is 125 Å². The average Bonchev–Trinajstić information content (AvgIpc) is 2.46. The summed E-state index contributed by atoms with van der Waals surface area (Å²) in [4.78, 5) is 0. The molecular weight excluding hydrogens is 329 g/mol. The van der Waals surface area contributed by atoms with Crippen LogP contribution in [0.2, 0.25) is 0 Å². The highest BCUT2D eigenvalue weighted by Crippen LogP contribution is 2.44. The van der Waals surface area contributed by atoms with E-state index < -0.39 is 18.1 Å². The van der Waals surface area contributed by atoms with Crippen LogP contribution in [-0.4, -0.2) is 24.4 Å². The first-order valence-corrected chi connectivity index (χ1v) is 6.16. The zero-order valence-electron chi connectivity index (χ0n) is 11.2. The third-order valence-electron chi connectivity index (χ3n) is 2.98. The monoisotopic (exact) mass is 338 g/mol. The van der Waals surface area contributed by atoms with Gasteiger partial charge in [0.25, 0.3) is 0 Å². The maximum Gasteiger partial charge on any atom is 0.462 e. The van der Waals surface area contributed by atoms with Crippen molar-refractivity contribution in [2.24, 2.45) is 5.10 Å². The highest BCUT2D eigenvalue weighted by Gasteiger charge is 2.73. The molecule has 0 aromatic heterocycles. The van der Waals surface area contributed by atoms with E-state index in [1.807, 2.05) is 0 Å². The molecule has 0 radical (unpaired) electrons. The number of hydrazone groups is 1. The summed E-state index contributed by atoms with van der Waals surface area (Å²) in [6.07, 6.45) is -5.65. The summed E-state index contributed by atoms with van der Waals surface area (Å²) in [7, 11) is 0. The van der Waals surface area contributed by atoms with Crippen molar-refractivity contribution < 1.29 is 30.7 Å². The summed E-state index contributed by atoms with van der Waals surface area (Å²) in [5, 5.41) is 4.14. The number of nitrogens with zero attached hydrogens (tertiary/aromatic N) is 1. The number of hydrogen-bond donors (Lipinski definition) is 1. The minimum absolute atomic E-state index is 0.279. The Morgan fingerprint density at radius 1 is 0.826 bits per heavy atom. The number of fused-ring (bicyclic) bond motifs is 1.